The summed E-state index contributed by atoms with van der Waals surface area (Å²) < 4.78 is 22.9. The number of nitrogens with zero attached hydrogens (tertiary/aromatic N) is 2. The number of anilines is 6. The van der Waals surface area contributed by atoms with Crippen LogP contribution in [-0.2, 0) is 0 Å². The van der Waals surface area contributed by atoms with E-state index in [1.165, 1.54) is 0 Å². The molecule has 0 aliphatic rings. The van der Waals surface area contributed by atoms with Crippen molar-refractivity contribution in [3.8, 4) is 23.0 Å². The van der Waals surface area contributed by atoms with E-state index in [1.807, 2.05) is 48.5 Å². The lowest BCUT2D eigenvalue weighted by Gasteiger charge is -2.34. The average Bonchev–Trinajstić information content (AvgIpc) is 3.05. The van der Waals surface area contributed by atoms with Crippen molar-refractivity contribution in [3.05, 3.63) is 119 Å². The zero-order valence-electron chi connectivity index (χ0n) is 24.3. The predicted octanol–water partition coefficient (Wildman–Crippen LogP) is 9.73. The highest BCUT2D eigenvalue weighted by Crippen LogP contribution is 2.49. The minimum absolute atomic E-state index is 0.790. The molecule has 5 aromatic carbocycles. The van der Waals surface area contributed by atoms with Crippen LogP contribution in [0.25, 0.3) is 0 Å². The highest BCUT2D eigenvalue weighted by molar-refractivity contribution is 9.10. The van der Waals surface area contributed by atoms with Crippen molar-refractivity contribution >= 4 is 50.1 Å². The molecule has 0 radical (unpaired) electrons. The Morgan fingerprint density at radius 1 is 0.429 bits per heavy atom. The van der Waals surface area contributed by atoms with Crippen LogP contribution in [0.2, 0.25) is 0 Å². The maximum Gasteiger partial charge on any atom is 0.119 e. The van der Waals surface area contributed by atoms with E-state index in [0.717, 1.165) is 67.2 Å². The van der Waals surface area contributed by atoms with Crippen molar-refractivity contribution < 1.29 is 18.9 Å². The molecule has 0 amide bonds. The van der Waals surface area contributed by atoms with Gasteiger partial charge in [-0.3, -0.25) is 0 Å². The van der Waals surface area contributed by atoms with Gasteiger partial charge in [-0.15, -0.1) is 0 Å². The van der Waals surface area contributed by atoms with Gasteiger partial charge in [0, 0.05) is 27.2 Å². The molecule has 0 saturated heterocycles. The molecule has 0 heterocycles. The predicted molar refractivity (Wildman–Crippen MR) is 174 cm³/mol. The summed E-state index contributed by atoms with van der Waals surface area (Å²) in [4.78, 5) is 4.50. The molecule has 0 bridgehead atoms. The minimum Gasteiger partial charge on any atom is -0.497 e. The van der Waals surface area contributed by atoms with Gasteiger partial charge in [-0.25, -0.2) is 0 Å². The number of halogens is 1. The molecule has 214 valence electrons. The number of hydrogen-bond donors (Lipinski definition) is 0. The zero-order chi connectivity index (χ0) is 29.6. The van der Waals surface area contributed by atoms with E-state index in [1.54, 1.807) is 28.4 Å². The Labute approximate surface area is 255 Å². The Balaban J connectivity index is 1.79. The molecule has 5 rings (SSSR count). The summed E-state index contributed by atoms with van der Waals surface area (Å²) in [6, 6.07) is 36.6. The number of ether oxygens (including phenoxy) is 4. The molecule has 6 nitrogen and oxygen atoms in total. The van der Waals surface area contributed by atoms with Gasteiger partial charge in [-0.1, -0.05) is 15.9 Å². The standard InChI is InChI=1S/C35H33BrN2O4/c1-24-33(36)22-23-34(37(25-6-14-29(39-2)15-7-25)26-8-16-30(40-3)17-9-26)35(24)38(27-10-18-31(41-4)19-11-27)28-12-20-32(42-5)21-13-28/h6-23H,1-5H3. The lowest BCUT2D eigenvalue weighted by molar-refractivity contribution is 0.414. The van der Waals surface area contributed by atoms with Crippen LogP contribution in [0.15, 0.2) is 114 Å². The molecule has 0 N–H and O–H groups in total. The van der Waals surface area contributed by atoms with Gasteiger partial charge in [0.1, 0.15) is 23.0 Å². The Kier molecular flexibility index (Phi) is 8.88. The molecular weight excluding hydrogens is 592 g/mol. The molecular formula is C35H33BrN2O4. The Bertz CT molecular complexity index is 1530. The van der Waals surface area contributed by atoms with Crippen LogP contribution in [0.5, 0.6) is 23.0 Å². The second kappa shape index (κ2) is 12.9. The van der Waals surface area contributed by atoms with Gasteiger partial charge in [0.25, 0.3) is 0 Å². The molecule has 7 heteroatoms. The summed E-state index contributed by atoms with van der Waals surface area (Å²) in [5, 5.41) is 0. The minimum atomic E-state index is 0.790. The second-order valence-electron chi connectivity index (χ2n) is 9.50. The van der Waals surface area contributed by atoms with E-state index in [0.29, 0.717) is 0 Å². The van der Waals surface area contributed by atoms with Crippen LogP contribution in [-0.4, -0.2) is 28.4 Å². The van der Waals surface area contributed by atoms with Gasteiger partial charge < -0.3 is 28.7 Å². The van der Waals surface area contributed by atoms with Gasteiger partial charge in [-0.05, 0) is 122 Å². The number of rotatable bonds is 10. The normalized spacial score (nSPS) is 10.6. The van der Waals surface area contributed by atoms with Crippen LogP contribution in [0.3, 0.4) is 0 Å². The van der Waals surface area contributed by atoms with Crippen molar-refractivity contribution in [2.75, 3.05) is 38.2 Å². The Morgan fingerprint density at radius 2 is 0.738 bits per heavy atom. The molecule has 5 aromatic rings. The fourth-order valence-corrected chi connectivity index (χ4v) is 5.20. The maximum absolute atomic E-state index is 5.48. The molecule has 0 fully saturated rings. The smallest absolute Gasteiger partial charge is 0.119 e. The van der Waals surface area contributed by atoms with Gasteiger partial charge in [-0.2, -0.15) is 0 Å². The Morgan fingerprint density at radius 3 is 1.05 bits per heavy atom. The number of methoxy groups -OCH3 is 4. The molecule has 0 aliphatic carbocycles. The molecule has 42 heavy (non-hydrogen) atoms. The first-order valence-electron chi connectivity index (χ1n) is 13.4. The molecule has 0 atom stereocenters. The van der Waals surface area contributed by atoms with Gasteiger partial charge in [0.15, 0.2) is 0 Å². The fourth-order valence-electron chi connectivity index (χ4n) is 4.88. The van der Waals surface area contributed by atoms with E-state index >= 15 is 0 Å². The highest BCUT2D eigenvalue weighted by Gasteiger charge is 2.25. The topological polar surface area (TPSA) is 43.4 Å². The van der Waals surface area contributed by atoms with Crippen LogP contribution in [0, 0.1) is 6.92 Å². The van der Waals surface area contributed by atoms with Crippen LogP contribution in [0.1, 0.15) is 5.56 Å². The summed E-state index contributed by atoms with van der Waals surface area (Å²) in [7, 11) is 6.70. The van der Waals surface area contributed by atoms with Crippen molar-refractivity contribution in [1.29, 1.82) is 0 Å². The van der Waals surface area contributed by atoms with E-state index in [2.05, 4.69) is 93.3 Å². The number of benzene rings is 5. The first-order chi connectivity index (χ1) is 20.5. The van der Waals surface area contributed by atoms with Gasteiger partial charge in [0.05, 0.1) is 39.8 Å². The second-order valence-corrected chi connectivity index (χ2v) is 10.4. The third-order valence-corrected chi connectivity index (χ3v) is 7.99. The van der Waals surface area contributed by atoms with Crippen molar-refractivity contribution in [2.24, 2.45) is 0 Å². The lowest BCUT2D eigenvalue weighted by atomic mass is 10.1. The summed E-state index contributed by atoms with van der Waals surface area (Å²) in [6.45, 7) is 2.13. The van der Waals surface area contributed by atoms with Crippen molar-refractivity contribution in [3.63, 3.8) is 0 Å². The van der Waals surface area contributed by atoms with E-state index < -0.39 is 0 Å². The highest BCUT2D eigenvalue weighted by atomic mass is 79.9. The summed E-state index contributed by atoms with van der Waals surface area (Å²) in [5.41, 5.74) is 6.98. The van der Waals surface area contributed by atoms with Gasteiger partial charge in [0.2, 0.25) is 0 Å². The summed E-state index contributed by atoms with van der Waals surface area (Å²) >= 11 is 3.82. The van der Waals surface area contributed by atoms with Crippen LogP contribution >= 0.6 is 15.9 Å². The first-order valence-corrected chi connectivity index (χ1v) is 14.2. The SMILES string of the molecule is COc1ccc(N(c2ccc(OC)cc2)c2ccc(Br)c(C)c2N(c2ccc(OC)cc2)c2ccc(OC)cc2)cc1. The van der Waals surface area contributed by atoms with Gasteiger partial charge >= 0.3 is 0 Å². The van der Waals surface area contributed by atoms with E-state index in [-0.39, 0.29) is 0 Å². The zero-order valence-corrected chi connectivity index (χ0v) is 25.9. The summed E-state index contributed by atoms with van der Waals surface area (Å²) in [5.74, 6) is 3.16. The molecule has 0 saturated carbocycles. The fraction of sp³-hybridized carbons (Fsp3) is 0.143. The third-order valence-electron chi connectivity index (χ3n) is 7.13. The molecule has 0 aromatic heterocycles. The van der Waals surface area contributed by atoms with E-state index in [4.69, 9.17) is 18.9 Å². The van der Waals surface area contributed by atoms with Crippen LogP contribution in [0.4, 0.5) is 34.1 Å². The van der Waals surface area contributed by atoms with Crippen molar-refractivity contribution in [2.45, 2.75) is 6.92 Å². The lowest BCUT2D eigenvalue weighted by Crippen LogP contribution is -2.18. The molecule has 0 unspecified atom stereocenters. The van der Waals surface area contributed by atoms with E-state index in [9.17, 15) is 0 Å². The molecule has 0 aliphatic heterocycles. The largest absolute Gasteiger partial charge is 0.497 e. The summed E-state index contributed by atoms with van der Waals surface area (Å²) in [6.07, 6.45) is 0. The van der Waals surface area contributed by atoms with Crippen molar-refractivity contribution in [1.82, 2.24) is 0 Å². The third kappa shape index (κ3) is 5.87. The number of hydrogen-bond acceptors (Lipinski definition) is 6. The Hall–Kier alpha value is -4.62. The van der Waals surface area contributed by atoms with Crippen LogP contribution < -0.4 is 28.7 Å². The first kappa shape index (κ1) is 28.9. The average molecular weight is 626 g/mol. The molecule has 0 spiro atoms. The monoisotopic (exact) mass is 624 g/mol. The maximum atomic E-state index is 5.48. The quantitative estimate of drug-likeness (QED) is 0.154.